The first-order valence-corrected chi connectivity index (χ1v) is 11.5. The van der Waals surface area contributed by atoms with Crippen LogP contribution in [0.4, 0.5) is 5.69 Å². The average Bonchev–Trinajstić information content (AvgIpc) is 2.81. The van der Waals surface area contributed by atoms with Crippen molar-refractivity contribution >= 4 is 17.5 Å². The molecule has 2 N–H and O–H groups in total. The van der Waals surface area contributed by atoms with Gasteiger partial charge in [-0.2, -0.15) is 0 Å². The second-order valence-electron chi connectivity index (χ2n) is 9.36. The summed E-state index contributed by atoms with van der Waals surface area (Å²) in [7, 11) is 0. The van der Waals surface area contributed by atoms with Crippen LogP contribution in [0.25, 0.3) is 11.1 Å². The minimum Gasteiger partial charge on any atom is -0.344 e. The summed E-state index contributed by atoms with van der Waals surface area (Å²) in [5.41, 5.74) is 3.93. The predicted molar refractivity (Wildman–Crippen MR) is 134 cm³/mol. The Kier molecular flexibility index (Phi) is 8.36. The fourth-order valence-corrected chi connectivity index (χ4v) is 3.67. The van der Waals surface area contributed by atoms with E-state index in [9.17, 15) is 9.59 Å². The number of aryl methyl sites for hydroxylation is 1. The highest BCUT2D eigenvalue weighted by atomic mass is 16.2. The fraction of sp³-hybridized carbons (Fsp3) is 0.321. The number of aromatic nitrogens is 1. The number of unbranched alkanes of at least 4 members (excludes halogenated alkanes) is 1. The lowest BCUT2D eigenvalue weighted by molar-refractivity contribution is -0.128. The van der Waals surface area contributed by atoms with Crippen LogP contribution >= 0.6 is 0 Å². The van der Waals surface area contributed by atoms with E-state index in [2.05, 4.69) is 52.0 Å². The molecule has 33 heavy (non-hydrogen) atoms. The molecule has 2 aromatic carbocycles. The molecule has 172 valence electrons. The Bertz CT molecular complexity index is 1030. The van der Waals surface area contributed by atoms with Crippen molar-refractivity contribution < 1.29 is 9.59 Å². The molecule has 1 heterocycles. The van der Waals surface area contributed by atoms with Gasteiger partial charge in [0.15, 0.2) is 0 Å². The SMILES string of the molecule is CC(C)(C)[C@H](NC(=O)CCCCc1ccc(-c2ccccc2)cc1)C(=O)Nc1ccncc1. The molecule has 5 heteroatoms. The molecular weight excluding hydrogens is 410 g/mol. The number of pyridine rings is 1. The normalized spacial score (nSPS) is 12.1. The summed E-state index contributed by atoms with van der Waals surface area (Å²) < 4.78 is 0. The van der Waals surface area contributed by atoms with Gasteiger partial charge >= 0.3 is 0 Å². The number of rotatable bonds is 9. The quantitative estimate of drug-likeness (QED) is 0.421. The summed E-state index contributed by atoms with van der Waals surface area (Å²) >= 11 is 0. The van der Waals surface area contributed by atoms with Crippen molar-refractivity contribution in [3.8, 4) is 11.1 Å². The van der Waals surface area contributed by atoms with Gasteiger partial charge in [0, 0.05) is 24.5 Å². The van der Waals surface area contributed by atoms with Gasteiger partial charge in [-0.3, -0.25) is 14.6 Å². The van der Waals surface area contributed by atoms with Gasteiger partial charge < -0.3 is 10.6 Å². The first-order chi connectivity index (χ1) is 15.8. The van der Waals surface area contributed by atoms with Crippen molar-refractivity contribution in [3.05, 3.63) is 84.7 Å². The lowest BCUT2D eigenvalue weighted by Crippen LogP contribution is -2.51. The Morgan fingerprint density at radius 3 is 2.12 bits per heavy atom. The van der Waals surface area contributed by atoms with Crippen molar-refractivity contribution in [1.29, 1.82) is 0 Å². The van der Waals surface area contributed by atoms with Crippen molar-refractivity contribution in [3.63, 3.8) is 0 Å². The van der Waals surface area contributed by atoms with E-state index >= 15 is 0 Å². The fourth-order valence-electron chi connectivity index (χ4n) is 3.67. The van der Waals surface area contributed by atoms with E-state index in [0.29, 0.717) is 12.1 Å². The zero-order valence-corrected chi connectivity index (χ0v) is 19.7. The third-order valence-corrected chi connectivity index (χ3v) is 5.56. The van der Waals surface area contributed by atoms with Gasteiger partial charge in [0.2, 0.25) is 11.8 Å². The molecule has 0 unspecified atom stereocenters. The van der Waals surface area contributed by atoms with Crippen molar-refractivity contribution in [2.24, 2.45) is 5.41 Å². The Labute approximate surface area is 196 Å². The molecule has 0 fully saturated rings. The molecule has 0 aliphatic rings. The molecule has 1 aromatic heterocycles. The van der Waals surface area contributed by atoms with E-state index < -0.39 is 11.5 Å². The number of hydrogen-bond donors (Lipinski definition) is 2. The summed E-state index contributed by atoms with van der Waals surface area (Å²) in [5.74, 6) is -0.320. The smallest absolute Gasteiger partial charge is 0.247 e. The molecule has 5 nitrogen and oxygen atoms in total. The maximum Gasteiger partial charge on any atom is 0.247 e. The van der Waals surface area contributed by atoms with E-state index in [1.807, 2.05) is 39.0 Å². The number of anilines is 1. The number of carbonyl (C=O) groups is 2. The molecule has 0 saturated heterocycles. The third kappa shape index (κ3) is 7.56. The molecule has 1 atom stereocenters. The Morgan fingerprint density at radius 1 is 0.848 bits per heavy atom. The molecule has 0 saturated carbocycles. The first kappa shape index (κ1) is 24.2. The van der Waals surface area contributed by atoms with Crippen LogP contribution in [0.1, 0.15) is 45.6 Å². The Morgan fingerprint density at radius 2 is 1.48 bits per heavy atom. The van der Waals surface area contributed by atoms with Gasteiger partial charge in [0.25, 0.3) is 0 Å². The summed E-state index contributed by atoms with van der Waals surface area (Å²) in [6.07, 6.45) is 6.26. The van der Waals surface area contributed by atoms with Crippen molar-refractivity contribution in [1.82, 2.24) is 10.3 Å². The van der Waals surface area contributed by atoms with Crippen molar-refractivity contribution in [2.45, 2.75) is 52.5 Å². The molecule has 0 aliphatic heterocycles. The maximum atomic E-state index is 12.8. The van der Waals surface area contributed by atoms with Gasteiger partial charge in [0.1, 0.15) is 6.04 Å². The van der Waals surface area contributed by atoms with E-state index in [1.54, 1.807) is 24.5 Å². The van der Waals surface area contributed by atoms with E-state index in [0.717, 1.165) is 19.3 Å². The molecule has 0 aliphatic carbocycles. The monoisotopic (exact) mass is 443 g/mol. The lowest BCUT2D eigenvalue weighted by Gasteiger charge is -2.30. The molecule has 3 rings (SSSR count). The van der Waals surface area contributed by atoms with Gasteiger partial charge in [-0.25, -0.2) is 0 Å². The minimum atomic E-state index is -0.622. The van der Waals surface area contributed by atoms with Gasteiger partial charge in [-0.1, -0.05) is 75.4 Å². The molecule has 0 bridgehead atoms. The van der Waals surface area contributed by atoms with Gasteiger partial charge in [-0.15, -0.1) is 0 Å². The second-order valence-corrected chi connectivity index (χ2v) is 9.36. The zero-order chi connectivity index (χ0) is 23.7. The number of hydrogen-bond acceptors (Lipinski definition) is 3. The number of carbonyl (C=O) groups excluding carboxylic acids is 2. The third-order valence-electron chi connectivity index (χ3n) is 5.56. The molecule has 3 aromatic rings. The summed E-state index contributed by atoms with van der Waals surface area (Å²) in [6.45, 7) is 5.84. The topological polar surface area (TPSA) is 71.1 Å². The second kappa shape index (κ2) is 11.4. The number of nitrogens with one attached hydrogen (secondary N) is 2. The van der Waals surface area contributed by atoms with Gasteiger partial charge in [-0.05, 0) is 53.5 Å². The zero-order valence-electron chi connectivity index (χ0n) is 19.7. The van der Waals surface area contributed by atoms with Crippen LogP contribution in [-0.4, -0.2) is 22.8 Å². The van der Waals surface area contributed by atoms with Crippen LogP contribution < -0.4 is 10.6 Å². The number of amides is 2. The molecular formula is C28H33N3O2. The highest BCUT2D eigenvalue weighted by Crippen LogP contribution is 2.22. The van der Waals surface area contributed by atoms with Crippen LogP contribution in [0.2, 0.25) is 0 Å². The maximum absolute atomic E-state index is 12.8. The standard InChI is InChI=1S/C28H33N3O2/c1-28(2,3)26(27(33)30-24-17-19-29-20-18-24)31-25(32)12-8-7-9-21-13-15-23(16-14-21)22-10-5-4-6-11-22/h4-6,10-11,13-20,26H,7-9,12H2,1-3H3,(H,31,32)(H,29,30,33)/t26-/m1/s1. The van der Waals surface area contributed by atoms with Crippen LogP contribution in [0.3, 0.4) is 0 Å². The highest BCUT2D eigenvalue weighted by molar-refractivity contribution is 5.97. The summed E-state index contributed by atoms with van der Waals surface area (Å²) in [6, 6.07) is 21.8. The molecule has 0 radical (unpaired) electrons. The van der Waals surface area contributed by atoms with E-state index in [4.69, 9.17) is 0 Å². The Hall–Kier alpha value is -3.47. The number of nitrogens with zero attached hydrogens (tertiary/aromatic N) is 1. The van der Waals surface area contributed by atoms with Gasteiger partial charge in [0.05, 0.1) is 0 Å². The summed E-state index contributed by atoms with van der Waals surface area (Å²) in [5, 5.41) is 5.80. The van der Waals surface area contributed by atoms with Crippen molar-refractivity contribution in [2.75, 3.05) is 5.32 Å². The number of benzene rings is 2. The molecule has 2 amide bonds. The van der Waals surface area contributed by atoms with E-state index in [1.165, 1.54) is 16.7 Å². The first-order valence-electron chi connectivity index (χ1n) is 11.5. The molecule has 0 spiro atoms. The summed E-state index contributed by atoms with van der Waals surface area (Å²) in [4.78, 5) is 29.3. The van der Waals surface area contributed by atoms with E-state index in [-0.39, 0.29) is 11.8 Å². The predicted octanol–water partition coefficient (Wildman–Crippen LogP) is 5.63. The van der Waals surface area contributed by atoms with Crippen LogP contribution in [0, 0.1) is 5.41 Å². The van der Waals surface area contributed by atoms with Crippen LogP contribution in [0.5, 0.6) is 0 Å². The average molecular weight is 444 g/mol. The highest BCUT2D eigenvalue weighted by Gasteiger charge is 2.32. The largest absolute Gasteiger partial charge is 0.344 e. The minimum absolute atomic E-state index is 0.0979. The van der Waals surface area contributed by atoms with Crippen LogP contribution in [-0.2, 0) is 16.0 Å². The Balaban J connectivity index is 1.45. The lowest BCUT2D eigenvalue weighted by atomic mass is 9.86. The van der Waals surface area contributed by atoms with Crippen LogP contribution in [0.15, 0.2) is 79.1 Å².